The molecule has 1 saturated heterocycles. The zero-order valence-corrected chi connectivity index (χ0v) is 11.0. The van der Waals surface area contributed by atoms with Crippen LogP contribution in [0, 0.1) is 5.41 Å². The number of benzene rings is 1. The van der Waals surface area contributed by atoms with Crippen molar-refractivity contribution < 1.29 is 14.2 Å². The predicted octanol–water partition coefficient (Wildman–Crippen LogP) is 3.32. The first-order valence-electron chi connectivity index (χ1n) is 6.20. The molecule has 3 heteroatoms. The molecule has 1 aliphatic rings. The van der Waals surface area contributed by atoms with E-state index in [9.17, 15) is 0 Å². The van der Waals surface area contributed by atoms with Crippen LogP contribution in [0.3, 0.4) is 0 Å². The van der Waals surface area contributed by atoms with Crippen LogP contribution in [0.4, 0.5) is 0 Å². The molecular weight excluding hydrogens is 228 g/mol. The van der Waals surface area contributed by atoms with E-state index in [4.69, 9.17) is 14.2 Å². The summed E-state index contributed by atoms with van der Waals surface area (Å²) in [6.07, 6.45) is 1.62. The lowest BCUT2D eigenvalue weighted by molar-refractivity contribution is -0.172. The molecule has 1 unspecified atom stereocenters. The second kappa shape index (κ2) is 5.44. The molecule has 0 saturated carbocycles. The van der Waals surface area contributed by atoms with Crippen molar-refractivity contribution in [3.8, 4) is 5.75 Å². The monoisotopic (exact) mass is 248 g/mol. The molecule has 0 amide bonds. The summed E-state index contributed by atoms with van der Waals surface area (Å²) in [6, 6.07) is 8.08. The summed E-state index contributed by atoms with van der Waals surface area (Å²) in [5, 5.41) is 0. The molecule has 0 bridgehead atoms. The Morgan fingerprint density at radius 3 is 2.56 bits per heavy atom. The molecule has 0 N–H and O–H groups in total. The van der Waals surface area contributed by atoms with Gasteiger partial charge in [-0.2, -0.15) is 0 Å². The molecule has 3 nitrogen and oxygen atoms in total. The summed E-state index contributed by atoms with van der Waals surface area (Å²) < 4.78 is 16.1. The Morgan fingerprint density at radius 1 is 1.33 bits per heavy atom. The van der Waals surface area contributed by atoms with Crippen molar-refractivity contribution in [1.82, 2.24) is 0 Å². The van der Waals surface area contributed by atoms with Gasteiger partial charge in [-0.25, -0.2) is 0 Å². The van der Waals surface area contributed by atoms with Crippen molar-refractivity contribution in [3.63, 3.8) is 0 Å². The smallest absolute Gasteiger partial charge is 0.122 e. The zero-order chi connectivity index (χ0) is 13.0. The molecule has 1 aliphatic heterocycles. The summed E-state index contributed by atoms with van der Waals surface area (Å²) >= 11 is 0. The predicted molar refractivity (Wildman–Crippen MR) is 70.6 cm³/mol. The second-order valence-corrected chi connectivity index (χ2v) is 5.13. The quantitative estimate of drug-likeness (QED) is 0.571. The molecule has 0 radical (unpaired) electrons. The van der Waals surface area contributed by atoms with Crippen molar-refractivity contribution in [2.75, 3.05) is 19.8 Å². The first-order chi connectivity index (χ1) is 8.63. The average molecular weight is 248 g/mol. The molecule has 1 fully saturated rings. The van der Waals surface area contributed by atoms with Gasteiger partial charge >= 0.3 is 0 Å². The third-order valence-corrected chi connectivity index (χ3v) is 3.10. The normalized spacial score (nSPS) is 20.9. The Morgan fingerprint density at radius 2 is 2.06 bits per heavy atom. The molecule has 98 valence electrons. The summed E-state index contributed by atoms with van der Waals surface area (Å²) in [5.74, 6) is 0.851. The minimum Gasteiger partial charge on any atom is -0.498 e. The van der Waals surface area contributed by atoms with Gasteiger partial charge in [-0.1, -0.05) is 32.6 Å². The molecule has 1 atom stereocenters. The van der Waals surface area contributed by atoms with Crippen LogP contribution >= 0.6 is 0 Å². The van der Waals surface area contributed by atoms with E-state index in [0.717, 1.165) is 12.4 Å². The Balaban J connectivity index is 1.88. The van der Waals surface area contributed by atoms with Crippen molar-refractivity contribution in [3.05, 3.63) is 42.7 Å². The fraction of sp³-hybridized carbons (Fsp3) is 0.467. The maximum absolute atomic E-state index is 5.61. The highest BCUT2D eigenvalue weighted by Crippen LogP contribution is 2.45. The highest BCUT2D eigenvalue weighted by Gasteiger charge is 2.40. The van der Waals surface area contributed by atoms with Crippen LogP contribution in [0.1, 0.15) is 25.5 Å². The van der Waals surface area contributed by atoms with E-state index in [1.165, 1.54) is 11.8 Å². The minimum atomic E-state index is 0.204. The largest absolute Gasteiger partial charge is 0.498 e. The summed E-state index contributed by atoms with van der Waals surface area (Å²) in [5.41, 5.74) is 1.45. The second-order valence-electron chi connectivity index (χ2n) is 5.13. The standard InChI is InChI=1S/C15H20O3/c1-4-16-9-10-17-13-7-5-12(6-8-13)14-15(2,3)11-18-14/h4-8,14H,1,9-11H2,2-3H3. The first-order valence-corrected chi connectivity index (χ1v) is 6.20. The van der Waals surface area contributed by atoms with Crippen LogP contribution in [0.5, 0.6) is 5.75 Å². The number of rotatable bonds is 6. The highest BCUT2D eigenvalue weighted by molar-refractivity contribution is 5.30. The lowest BCUT2D eigenvalue weighted by atomic mass is 9.79. The number of ether oxygens (including phenoxy) is 3. The lowest BCUT2D eigenvalue weighted by Crippen LogP contribution is -2.40. The van der Waals surface area contributed by atoms with Crippen LogP contribution in [-0.2, 0) is 9.47 Å². The van der Waals surface area contributed by atoms with Gasteiger partial charge in [0.05, 0.1) is 19.0 Å². The fourth-order valence-electron chi connectivity index (χ4n) is 2.08. The van der Waals surface area contributed by atoms with Gasteiger partial charge in [0.1, 0.15) is 19.0 Å². The van der Waals surface area contributed by atoms with Crippen molar-refractivity contribution in [2.45, 2.75) is 20.0 Å². The van der Waals surface area contributed by atoms with Gasteiger partial charge in [0, 0.05) is 5.41 Å². The average Bonchev–Trinajstić information content (AvgIpc) is 2.35. The van der Waals surface area contributed by atoms with E-state index in [2.05, 4.69) is 32.6 Å². The van der Waals surface area contributed by atoms with E-state index in [1.807, 2.05) is 12.1 Å². The molecule has 18 heavy (non-hydrogen) atoms. The van der Waals surface area contributed by atoms with Gasteiger partial charge in [0.2, 0.25) is 0 Å². The maximum atomic E-state index is 5.61. The third-order valence-electron chi connectivity index (χ3n) is 3.10. The van der Waals surface area contributed by atoms with Gasteiger partial charge in [-0.15, -0.1) is 0 Å². The molecule has 1 heterocycles. The van der Waals surface area contributed by atoms with Crippen LogP contribution in [0.2, 0.25) is 0 Å². The molecule has 2 rings (SSSR count). The zero-order valence-electron chi connectivity index (χ0n) is 11.0. The van der Waals surface area contributed by atoms with Crippen molar-refractivity contribution >= 4 is 0 Å². The van der Waals surface area contributed by atoms with Gasteiger partial charge in [0.15, 0.2) is 0 Å². The molecule has 1 aromatic carbocycles. The number of hydrogen-bond acceptors (Lipinski definition) is 3. The Hall–Kier alpha value is -1.48. The minimum absolute atomic E-state index is 0.204. The first kappa shape index (κ1) is 13.0. The highest BCUT2D eigenvalue weighted by atomic mass is 16.5. The molecule has 1 aromatic rings. The Bertz CT molecular complexity index is 395. The molecule has 0 aromatic heterocycles. The van der Waals surface area contributed by atoms with E-state index in [0.29, 0.717) is 13.2 Å². The van der Waals surface area contributed by atoms with E-state index < -0.39 is 0 Å². The van der Waals surface area contributed by atoms with E-state index in [1.54, 1.807) is 0 Å². The van der Waals surface area contributed by atoms with Gasteiger partial charge in [0.25, 0.3) is 0 Å². The van der Waals surface area contributed by atoms with Crippen LogP contribution in [0.25, 0.3) is 0 Å². The fourth-order valence-corrected chi connectivity index (χ4v) is 2.08. The van der Waals surface area contributed by atoms with E-state index >= 15 is 0 Å². The molecule has 0 aliphatic carbocycles. The SMILES string of the molecule is C=COCCOc1ccc(C2OCC2(C)C)cc1. The summed E-state index contributed by atoms with van der Waals surface area (Å²) in [4.78, 5) is 0. The van der Waals surface area contributed by atoms with Gasteiger partial charge in [-0.05, 0) is 17.7 Å². The number of hydrogen-bond donors (Lipinski definition) is 0. The topological polar surface area (TPSA) is 27.7 Å². The van der Waals surface area contributed by atoms with E-state index in [-0.39, 0.29) is 11.5 Å². The molecular formula is C15H20O3. The lowest BCUT2D eigenvalue weighted by Gasteiger charge is -2.44. The van der Waals surface area contributed by atoms with Crippen molar-refractivity contribution in [1.29, 1.82) is 0 Å². The Kier molecular flexibility index (Phi) is 3.92. The van der Waals surface area contributed by atoms with Gasteiger partial charge < -0.3 is 14.2 Å². The molecule has 0 spiro atoms. The summed E-state index contributed by atoms with van der Waals surface area (Å²) in [6.45, 7) is 9.79. The van der Waals surface area contributed by atoms with Crippen LogP contribution in [0.15, 0.2) is 37.1 Å². The van der Waals surface area contributed by atoms with Crippen LogP contribution in [-0.4, -0.2) is 19.8 Å². The van der Waals surface area contributed by atoms with Gasteiger partial charge in [-0.3, -0.25) is 0 Å². The third kappa shape index (κ3) is 2.85. The maximum Gasteiger partial charge on any atom is 0.122 e. The Labute approximate surface area is 108 Å². The van der Waals surface area contributed by atoms with Crippen molar-refractivity contribution in [2.24, 2.45) is 5.41 Å². The summed E-state index contributed by atoms with van der Waals surface area (Å²) in [7, 11) is 0. The van der Waals surface area contributed by atoms with Crippen LogP contribution < -0.4 is 4.74 Å².